The molecule has 3 aromatic rings. The monoisotopic (exact) mass is 497 g/mol. The maximum atomic E-state index is 13.0. The van der Waals surface area contributed by atoms with E-state index in [1.165, 1.54) is 30.5 Å². The molecule has 35 heavy (non-hydrogen) atoms. The fraction of sp³-hybridized carbons (Fsp3) is 0.292. The van der Waals surface area contributed by atoms with Gasteiger partial charge >= 0.3 is 0 Å². The van der Waals surface area contributed by atoms with Crippen LogP contribution in [0.25, 0.3) is 5.69 Å². The minimum Gasteiger partial charge on any atom is -0.493 e. The van der Waals surface area contributed by atoms with Crippen molar-refractivity contribution in [2.24, 2.45) is 0 Å². The van der Waals surface area contributed by atoms with E-state index in [1.807, 2.05) is 30.3 Å². The van der Waals surface area contributed by atoms with E-state index in [4.69, 9.17) is 4.74 Å². The van der Waals surface area contributed by atoms with Gasteiger partial charge in [0.1, 0.15) is 0 Å². The molecule has 0 bridgehead atoms. The summed E-state index contributed by atoms with van der Waals surface area (Å²) in [5, 5.41) is 9.95. The van der Waals surface area contributed by atoms with Crippen LogP contribution in [-0.2, 0) is 14.8 Å². The minimum absolute atomic E-state index is 0.158. The molecule has 1 aliphatic rings. The molecule has 0 radical (unpaired) electrons. The molecule has 11 heteroatoms. The van der Waals surface area contributed by atoms with Crippen LogP contribution in [0.4, 0.5) is 5.69 Å². The highest BCUT2D eigenvalue weighted by molar-refractivity contribution is 7.89. The lowest BCUT2D eigenvalue weighted by Gasteiger charge is -2.31. The summed E-state index contributed by atoms with van der Waals surface area (Å²) in [4.78, 5) is 24.2. The van der Waals surface area contributed by atoms with E-state index in [9.17, 15) is 18.0 Å². The summed E-state index contributed by atoms with van der Waals surface area (Å²) in [6, 6.07) is 15.3. The van der Waals surface area contributed by atoms with Crippen molar-refractivity contribution >= 4 is 27.5 Å². The first kappa shape index (κ1) is 24.4. The van der Waals surface area contributed by atoms with Crippen molar-refractivity contribution < 1.29 is 22.7 Å². The Morgan fingerprint density at radius 3 is 2.29 bits per heavy atom. The highest BCUT2D eigenvalue weighted by Crippen LogP contribution is 2.24. The third-order valence-corrected chi connectivity index (χ3v) is 7.65. The number of carbonyl (C=O) groups is 2. The summed E-state index contributed by atoms with van der Waals surface area (Å²) >= 11 is 0. The second-order valence-electron chi connectivity index (χ2n) is 8.18. The molecule has 2 N–H and O–H groups in total. The number of para-hydroxylation sites is 1. The van der Waals surface area contributed by atoms with Crippen molar-refractivity contribution in [1.29, 1.82) is 0 Å². The molecule has 1 aliphatic heterocycles. The van der Waals surface area contributed by atoms with Gasteiger partial charge in [0.2, 0.25) is 15.9 Å². The molecule has 2 amide bonds. The van der Waals surface area contributed by atoms with E-state index in [0.29, 0.717) is 24.3 Å². The topological polar surface area (TPSA) is 123 Å². The third-order valence-electron chi connectivity index (χ3n) is 5.74. The Morgan fingerprint density at radius 2 is 1.69 bits per heavy atom. The lowest BCUT2D eigenvalue weighted by molar-refractivity contribution is -0.114. The standard InChI is InChI=1S/C24H27N5O5S/c1-17(30)25-18-8-10-21(11-9-18)35(32,33)28-14-12-19(13-15-28)26-24(31)23-22(34-2)16-29(27-23)20-6-4-3-5-7-20/h3-11,16,19H,12-15H2,1-2H3,(H,25,30)(H,26,31). The first-order valence-corrected chi connectivity index (χ1v) is 12.6. The minimum atomic E-state index is -3.68. The largest absolute Gasteiger partial charge is 0.493 e. The van der Waals surface area contributed by atoms with E-state index in [1.54, 1.807) is 23.0 Å². The lowest BCUT2D eigenvalue weighted by atomic mass is 10.1. The molecule has 4 rings (SSSR count). The van der Waals surface area contributed by atoms with Gasteiger partial charge in [-0.2, -0.15) is 9.40 Å². The van der Waals surface area contributed by atoms with E-state index in [2.05, 4.69) is 15.7 Å². The first-order chi connectivity index (χ1) is 16.8. The second kappa shape index (κ2) is 10.3. The number of ether oxygens (including phenoxy) is 1. The molecular weight excluding hydrogens is 470 g/mol. The number of piperidine rings is 1. The summed E-state index contributed by atoms with van der Waals surface area (Å²) in [5.41, 5.74) is 1.50. The SMILES string of the molecule is COc1cn(-c2ccccc2)nc1C(=O)NC1CCN(S(=O)(=O)c2ccc(NC(C)=O)cc2)CC1. The van der Waals surface area contributed by atoms with E-state index >= 15 is 0 Å². The molecular formula is C24H27N5O5S. The Labute approximate surface area is 203 Å². The Kier molecular flexibility index (Phi) is 7.17. The summed E-state index contributed by atoms with van der Waals surface area (Å²) in [7, 11) is -2.20. The van der Waals surface area contributed by atoms with Gasteiger partial charge in [-0.1, -0.05) is 18.2 Å². The molecule has 2 heterocycles. The maximum Gasteiger partial charge on any atom is 0.275 e. The average molecular weight is 498 g/mol. The van der Waals surface area contributed by atoms with Gasteiger partial charge in [0.15, 0.2) is 11.4 Å². The number of carbonyl (C=O) groups excluding carboxylic acids is 2. The van der Waals surface area contributed by atoms with Crippen molar-refractivity contribution in [2.75, 3.05) is 25.5 Å². The van der Waals surface area contributed by atoms with Gasteiger partial charge in [0.25, 0.3) is 5.91 Å². The number of rotatable bonds is 7. The van der Waals surface area contributed by atoms with E-state index in [-0.39, 0.29) is 41.5 Å². The van der Waals surface area contributed by atoms with Crippen LogP contribution in [0, 0.1) is 0 Å². The molecule has 0 spiro atoms. The van der Waals surface area contributed by atoms with Crippen LogP contribution in [-0.4, -0.2) is 60.6 Å². The Hall–Kier alpha value is -3.70. The van der Waals surface area contributed by atoms with Crippen molar-refractivity contribution in [3.63, 3.8) is 0 Å². The van der Waals surface area contributed by atoms with Gasteiger partial charge in [-0.05, 0) is 49.2 Å². The summed E-state index contributed by atoms with van der Waals surface area (Å²) in [5.74, 6) is -0.241. The molecule has 0 saturated carbocycles. The molecule has 1 fully saturated rings. The fourth-order valence-corrected chi connectivity index (χ4v) is 5.40. The van der Waals surface area contributed by atoms with Crippen LogP contribution in [0.1, 0.15) is 30.3 Å². The number of methoxy groups -OCH3 is 1. The molecule has 0 unspecified atom stereocenters. The van der Waals surface area contributed by atoms with Crippen molar-refractivity contribution in [1.82, 2.24) is 19.4 Å². The van der Waals surface area contributed by atoms with Crippen molar-refractivity contribution in [2.45, 2.75) is 30.7 Å². The summed E-state index contributed by atoms with van der Waals surface area (Å²) in [6.45, 7) is 1.94. The summed E-state index contributed by atoms with van der Waals surface area (Å²) in [6.07, 6.45) is 2.59. The zero-order chi connectivity index (χ0) is 25.0. The maximum absolute atomic E-state index is 13.0. The van der Waals surface area contributed by atoms with Gasteiger partial charge in [-0.25, -0.2) is 13.1 Å². The number of benzene rings is 2. The smallest absolute Gasteiger partial charge is 0.275 e. The zero-order valence-corrected chi connectivity index (χ0v) is 20.3. The Balaban J connectivity index is 1.38. The lowest BCUT2D eigenvalue weighted by Crippen LogP contribution is -2.46. The Bertz CT molecular complexity index is 1300. The fourth-order valence-electron chi connectivity index (χ4n) is 3.93. The van der Waals surface area contributed by atoms with Crippen molar-refractivity contribution in [3.05, 3.63) is 66.5 Å². The van der Waals surface area contributed by atoms with Crippen LogP contribution < -0.4 is 15.4 Å². The molecule has 184 valence electrons. The number of hydrogen-bond acceptors (Lipinski definition) is 6. The van der Waals surface area contributed by atoms with Gasteiger partial charge in [-0.3, -0.25) is 9.59 Å². The average Bonchev–Trinajstić information content (AvgIpc) is 3.30. The normalized spacial score (nSPS) is 14.9. The van der Waals surface area contributed by atoms with Crippen LogP contribution in [0.2, 0.25) is 0 Å². The number of amides is 2. The van der Waals surface area contributed by atoms with E-state index in [0.717, 1.165) is 5.69 Å². The Morgan fingerprint density at radius 1 is 1.03 bits per heavy atom. The van der Waals surface area contributed by atoms with Gasteiger partial charge < -0.3 is 15.4 Å². The number of anilines is 1. The molecule has 1 saturated heterocycles. The van der Waals surface area contributed by atoms with E-state index < -0.39 is 10.0 Å². The quantitative estimate of drug-likeness (QED) is 0.517. The predicted molar refractivity (Wildman–Crippen MR) is 130 cm³/mol. The highest BCUT2D eigenvalue weighted by atomic mass is 32.2. The van der Waals surface area contributed by atoms with Gasteiger partial charge in [-0.15, -0.1) is 0 Å². The van der Waals surface area contributed by atoms with Crippen molar-refractivity contribution in [3.8, 4) is 11.4 Å². The van der Waals surface area contributed by atoms with Crippen LogP contribution in [0.15, 0.2) is 65.7 Å². The first-order valence-electron chi connectivity index (χ1n) is 11.2. The predicted octanol–water partition coefficient (Wildman–Crippen LogP) is 2.42. The number of nitrogens with one attached hydrogen (secondary N) is 2. The molecule has 0 atom stereocenters. The molecule has 10 nitrogen and oxygen atoms in total. The van der Waals surface area contributed by atoms with Gasteiger partial charge in [0, 0.05) is 31.7 Å². The number of nitrogens with zero attached hydrogens (tertiary/aromatic N) is 3. The van der Waals surface area contributed by atoms with Crippen LogP contribution in [0.5, 0.6) is 5.75 Å². The number of aromatic nitrogens is 2. The number of hydrogen-bond donors (Lipinski definition) is 2. The van der Waals surface area contributed by atoms with Crippen LogP contribution >= 0.6 is 0 Å². The molecule has 0 aliphatic carbocycles. The zero-order valence-electron chi connectivity index (χ0n) is 19.5. The van der Waals surface area contributed by atoms with Gasteiger partial charge in [0.05, 0.1) is 23.9 Å². The summed E-state index contributed by atoms with van der Waals surface area (Å²) < 4.78 is 34.4. The molecule has 1 aromatic heterocycles. The van der Waals surface area contributed by atoms with Crippen LogP contribution in [0.3, 0.4) is 0 Å². The third kappa shape index (κ3) is 5.52. The number of sulfonamides is 1. The second-order valence-corrected chi connectivity index (χ2v) is 10.1. The molecule has 2 aromatic carbocycles. The highest BCUT2D eigenvalue weighted by Gasteiger charge is 2.31.